The van der Waals surface area contributed by atoms with Gasteiger partial charge in [0.25, 0.3) is 5.95 Å². The smallest absolute Gasteiger partial charge is 0.323 e. The molecule has 0 atom stereocenters. The molecule has 1 aromatic heterocycles. The van der Waals surface area contributed by atoms with Crippen LogP contribution in [-0.2, 0) is 4.79 Å². The van der Waals surface area contributed by atoms with E-state index in [0.29, 0.717) is 18.4 Å². The van der Waals surface area contributed by atoms with Crippen molar-refractivity contribution in [3.63, 3.8) is 0 Å². The van der Waals surface area contributed by atoms with Gasteiger partial charge >= 0.3 is 5.97 Å². The molecule has 1 heterocycles. The van der Waals surface area contributed by atoms with Gasteiger partial charge in [0.2, 0.25) is 0 Å². The number of rotatable bonds is 6. The zero-order valence-electron chi connectivity index (χ0n) is 10.9. The van der Waals surface area contributed by atoms with Crippen LogP contribution in [0.4, 0.5) is 5.95 Å². The first-order chi connectivity index (χ1) is 9.74. The van der Waals surface area contributed by atoms with Crippen LogP contribution < -0.4 is 4.90 Å². The van der Waals surface area contributed by atoms with Gasteiger partial charge in [0.1, 0.15) is 6.54 Å². The summed E-state index contributed by atoms with van der Waals surface area (Å²) < 4.78 is 1.57. The number of tetrazole rings is 1. The van der Waals surface area contributed by atoms with Crippen molar-refractivity contribution in [3.05, 3.63) is 30.3 Å². The first kappa shape index (κ1) is 12.6. The van der Waals surface area contributed by atoms with E-state index in [9.17, 15) is 4.79 Å². The molecule has 104 valence electrons. The lowest BCUT2D eigenvalue weighted by atomic mass is 10.3. The van der Waals surface area contributed by atoms with Gasteiger partial charge in [-0.3, -0.25) is 4.79 Å². The molecule has 0 radical (unpaired) electrons. The van der Waals surface area contributed by atoms with Crippen LogP contribution in [0.3, 0.4) is 0 Å². The third-order valence-electron chi connectivity index (χ3n) is 3.24. The Kier molecular flexibility index (Phi) is 3.32. The molecule has 1 N–H and O–H groups in total. The monoisotopic (exact) mass is 273 g/mol. The Hall–Kier alpha value is -2.44. The summed E-state index contributed by atoms with van der Waals surface area (Å²) >= 11 is 0. The fraction of sp³-hybridized carbons (Fsp3) is 0.385. The van der Waals surface area contributed by atoms with E-state index in [1.165, 1.54) is 0 Å². The van der Waals surface area contributed by atoms with Gasteiger partial charge in [0.05, 0.1) is 5.69 Å². The summed E-state index contributed by atoms with van der Waals surface area (Å²) in [6, 6.07) is 9.46. The number of hydrogen-bond donors (Lipinski definition) is 1. The van der Waals surface area contributed by atoms with Crippen molar-refractivity contribution in [1.82, 2.24) is 20.2 Å². The third kappa shape index (κ3) is 2.76. The molecule has 0 aliphatic heterocycles. The summed E-state index contributed by atoms with van der Waals surface area (Å²) in [5.41, 5.74) is 0.818. The highest BCUT2D eigenvalue weighted by molar-refractivity contribution is 5.72. The summed E-state index contributed by atoms with van der Waals surface area (Å²) in [6.45, 7) is 0.587. The van der Waals surface area contributed by atoms with Crippen LogP contribution in [0.25, 0.3) is 5.69 Å². The van der Waals surface area contributed by atoms with Gasteiger partial charge in [0.15, 0.2) is 0 Å². The van der Waals surface area contributed by atoms with Crippen LogP contribution in [0.15, 0.2) is 30.3 Å². The standard InChI is InChI=1S/C13H15N5O2/c19-12(20)9-17(8-10-6-7-10)13-14-15-16-18(13)11-4-2-1-3-5-11/h1-5,10H,6-9H2,(H,19,20). The van der Waals surface area contributed by atoms with Crippen LogP contribution in [0.1, 0.15) is 12.8 Å². The van der Waals surface area contributed by atoms with Crippen molar-refractivity contribution < 1.29 is 9.90 Å². The van der Waals surface area contributed by atoms with Gasteiger partial charge in [-0.1, -0.05) is 23.3 Å². The topological polar surface area (TPSA) is 84.1 Å². The van der Waals surface area contributed by atoms with E-state index in [2.05, 4.69) is 15.5 Å². The van der Waals surface area contributed by atoms with E-state index in [1.54, 1.807) is 9.58 Å². The number of aliphatic carboxylic acids is 1. The molecule has 1 aliphatic rings. The zero-order chi connectivity index (χ0) is 13.9. The molecule has 7 heteroatoms. The number of hydrogen-bond acceptors (Lipinski definition) is 5. The van der Waals surface area contributed by atoms with E-state index in [-0.39, 0.29) is 6.54 Å². The molecule has 0 spiro atoms. The molecule has 0 bridgehead atoms. The lowest BCUT2D eigenvalue weighted by Gasteiger charge is -2.20. The Labute approximate surface area is 115 Å². The van der Waals surface area contributed by atoms with Gasteiger partial charge in [0, 0.05) is 6.54 Å². The van der Waals surface area contributed by atoms with Crippen LogP contribution >= 0.6 is 0 Å². The van der Waals surface area contributed by atoms with Crippen LogP contribution in [0, 0.1) is 5.92 Å². The highest BCUT2D eigenvalue weighted by atomic mass is 16.4. The number of benzene rings is 1. The first-order valence-corrected chi connectivity index (χ1v) is 6.54. The number of nitrogens with zero attached hydrogens (tertiary/aromatic N) is 5. The fourth-order valence-electron chi connectivity index (χ4n) is 2.11. The van der Waals surface area contributed by atoms with Gasteiger partial charge in [-0.2, -0.15) is 4.68 Å². The Balaban J connectivity index is 1.90. The Bertz CT molecular complexity index is 594. The van der Waals surface area contributed by atoms with E-state index in [0.717, 1.165) is 18.5 Å². The van der Waals surface area contributed by atoms with Gasteiger partial charge < -0.3 is 10.0 Å². The summed E-state index contributed by atoms with van der Waals surface area (Å²) in [6.07, 6.45) is 2.28. The average molecular weight is 273 g/mol. The van der Waals surface area contributed by atoms with Crippen LogP contribution in [-0.4, -0.2) is 44.4 Å². The molecule has 1 aliphatic carbocycles. The highest BCUT2D eigenvalue weighted by Gasteiger charge is 2.28. The number of para-hydroxylation sites is 1. The average Bonchev–Trinajstić information content (AvgIpc) is 3.12. The molecule has 3 rings (SSSR count). The summed E-state index contributed by atoms with van der Waals surface area (Å²) in [7, 11) is 0. The summed E-state index contributed by atoms with van der Waals surface area (Å²) in [5.74, 6) is 0.147. The number of carboxylic acid groups (broad SMARTS) is 1. The van der Waals surface area contributed by atoms with Crippen LogP contribution in [0.2, 0.25) is 0 Å². The maximum Gasteiger partial charge on any atom is 0.323 e. The number of carboxylic acids is 1. The first-order valence-electron chi connectivity index (χ1n) is 6.54. The third-order valence-corrected chi connectivity index (χ3v) is 3.24. The Morgan fingerprint density at radius 3 is 2.75 bits per heavy atom. The molecule has 0 amide bonds. The van der Waals surface area contributed by atoms with Gasteiger partial charge in [-0.15, -0.1) is 0 Å². The molecule has 1 fully saturated rings. The molecule has 2 aromatic rings. The van der Waals surface area contributed by atoms with Gasteiger partial charge in [-0.05, 0) is 41.3 Å². The largest absolute Gasteiger partial charge is 0.480 e. The molecule has 1 aromatic carbocycles. The van der Waals surface area contributed by atoms with E-state index in [1.807, 2.05) is 30.3 Å². The summed E-state index contributed by atoms with van der Waals surface area (Å²) in [5, 5.41) is 20.7. The molecular formula is C13H15N5O2. The second kappa shape index (κ2) is 5.28. The van der Waals surface area contributed by atoms with Gasteiger partial charge in [-0.25, -0.2) is 0 Å². The minimum absolute atomic E-state index is 0.0935. The van der Waals surface area contributed by atoms with Crippen molar-refractivity contribution in [3.8, 4) is 5.69 Å². The molecule has 0 saturated heterocycles. The number of aromatic nitrogens is 4. The minimum atomic E-state index is -0.881. The molecule has 1 saturated carbocycles. The molecular weight excluding hydrogens is 258 g/mol. The van der Waals surface area contributed by atoms with Crippen molar-refractivity contribution in [2.45, 2.75) is 12.8 Å². The molecule has 20 heavy (non-hydrogen) atoms. The predicted molar refractivity (Wildman–Crippen MR) is 71.7 cm³/mol. The van der Waals surface area contributed by atoms with Crippen LogP contribution in [0.5, 0.6) is 0 Å². The SMILES string of the molecule is O=C(O)CN(CC1CC1)c1nnnn1-c1ccccc1. The fourth-order valence-corrected chi connectivity index (χ4v) is 2.11. The van der Waals surface area contributed by atoms with E-state index < -0.39 is 5.97 Å². The predicted octanol–water partition coefficient (Wildman–Crippen LogP) is 0.963. The maximum absolute atomic E-state index is 11.0. The maximum atomic E-state index is 11.0. The lowest BCUT2D eigenvalue weighted by Crippen LogP contribution is -2.33. The molecule has 0 unspecified atom stereocenters. The van der Waals surface area contributed by atoms with Crippen molar-refractivity contribution >= 4 is 11.9 Å². The number of anilines is 1. The van der Waals surface area contributed by atoms with E-state index in [4.69, 9.17) is 5.11 Å². The van der Waals surface area contributed by atoms with Crippen molar-refractivity contribution in [1.29, 1.82) is 0 Å². The second-order valence-electron chi connectivity index (χ2n) is 4.94. The van der Waals surface area contributed by atoms with Crippen molar-refractivity contribution in [2.75, 3.05) is 18.0 Å². The Morgan fingerprint density at radius 1 is 1.35 bits per heavy atom. The zero-order valence-corrected chi connectivity index (χ0v) is 10.9. The Morgan fingerprint density at radius 2 is 2.10 bits per heavy atom. The normalized spacial score (nSPS) is 14.2. The van der Waals surface area contributed by atoms with Crippen molar-refractivity contribution in [2.24, 2.45) is 5.92 Å². The number of carbonyl (C=O) groups is 1. The minimum Gasteiger partial charge on any atom is -0.480 e. The quantitative estimate of drug-likeness (QED) is 0.844. The summed E-state index contributed by atoms with van der Waals surface area (Å²) in [4.78, 5) is 12.8. The highest BCUT2D eigenvalue weighted by Crippen LogP contribution is 2.31. The second-order valence-corrected chi connectivity index (χ2v) is 4.94. The lowest BCUT2D eigenvalue weighted by molar-refractivity contribution is -0.135. The molecule has 7 nitrogen and oxygen atoms in total. The van der Waals surface area contributed by atoms with E-state index >= 15 is 0 Å².